The molecule has 0 radical (unpaired) electrons. The van der Waals surface area contributed by atoms with Crippen LogP contribution in [0.1, 0.15) is 25.7 Å². The SMILES string of the molecule is O=C1[C@@H]2CCO[C@H]2C12CCC2. The van der Waals surface area contributed by atoms with Crippen molar-refractivity contribution >= 4 is 5.78 Å². The Hall–Kier alpha value is -0.370. The Kier molecular flexibility index (Phi) is 0.947. The van der Waals surface area contributed by atoms with Crippen molar-refractivity contribution in [3.63, 3.8) is 0 Å². The van der Waals surface area contributed by atoms with Crippen LogP contribution in [0, 0.1) is 11.3 Å². The van der Waals surface area contributed by atoms with E-state index in [0.717, 1.165) is 25.9 Å². The Bertz CT molecular complexity index is 218. The van der Waals surface area contributed by atoms with Gasteiger partial charge in [-0.15, -0.1) is 0 Å². The van der Waals surface area contributed by atoms with Gasteiger partial charge in [0.05, 0.1) is 11.5 Å². The summed E-state index contributed by atoms with van der Waals surface area (Å²) >= 11 is 0. The molecule has 3 aliphatic rings. The number of rotatable bonds is 0. The van der Waals surface area contributed by atoms with Crippen LogP contribution in [0.4, 0.5) is 0 Å². The minimum absolute atomic E-state index is 0.0428. The van der Waals surface area contributed by atoms with Gasteiger partial charge in [-0.3, -0.25) is 4.79 Å². The molecular formula is C9H12O2. The summed E-state index contributed by atoms with van der Waals surface area (Å²) in [5.74, 6) is 0.821. The van der Waals surface area contributed by atoms with Gasteiger partial charge in [-0.1, -0.05) is 6.42 Å². The second-order valence-electron chi connectivity index (χ2n) is 4.06. The van der Waals surface area contributed by atoms with E-state index in [9.17, 15) is 4.79 Å². The molecule has 2 aliphatic carbocycles. The predicted molar refractivity (Wildman–Crippen MR) is 39.1 cm³/mol. The molecule has 1 aliphatic heterocycles. The zero-order valence-electron chi connectivity index (χ0n) is 6.51. The number of carbonyl (C=O) groups is 1. The third kappa shape index (κ3) is 0.496. The van der Waals surface area contributed by atoms with Gasteiger partial charge in [-0.25, -0.2) is 0 Å². The monoisotopic (exact) mass is 152 g/mol. The van der Waals surface area contributed by atoms with Gasteiger partial charge in [0.1, 0.15) is 5.78 Å². The van der Waals surface area contributed by atoms with Gasteiger partial charge in [-0.05, 0) is 19.3 Å². The predicted octanol–water partition coefficient (Wildman–Crippen LogP) is 1.14. The third-order valence-corrected chi connectivity index (χ3v) is 3.71. The molecule has 60 valence electrons. The minimum Gasteiger partial charge on any atom is -0.376 e. The van der Waals surface area contributed by atoms with Crippen molar-refractivity contribution in [2.45, 2.75) is 31.8 Å². The van der Waals surface area contributed by atoms with E-state index in [1.807, 2.05) is 0 Å². The molecule has 2 saturated carbocycles. The lowest BCUT2D eigenvalue weighted by Gasteiger charge is -2.55. The highest BCUT2D eigenvalue weighted by Gasteiger charge is 2.66. The molecule has 3 fully saturated rings. The quantitative estimate of drug-likeness (QED) is 0.520. The van der Waals surface area contributed by atoms with E-state index >= 15 is 0 Å². The third-order valence-electron chi connectivity index (χ3n) is 3.71. The second-order valence-corrected chi connectivity index (χ2v) is 4.06. The van der Waals surface area contributed by atoms with E-state index in [2.05, 4.69) is 0 Å². The molecule has 1 spiro atoms. The van der Waals surface area contributed by atoms with Crippen LogP contribution < -0.4 is 0 Å². The first-order valence-corrected chi connectivity index (χ1v) is 4.50. The summed E-state index contributed by atoms with van der Waals surface area (Å²) in [5, 5.41) is 0. The highest BCUT2D eigenvalue weighted by Crippen LogP contribution is 2.59. The molecular weight excluding hydrogens is 140 g/mol. The first kappa shape index (κ1) is 6.18. The van der Waals surface area contributed by atoms with E-state index in [4.69, 9.17) is 4.74 Å². The Morgan fingerprint density at radius 3 is 2.91 bits per heavy atom. The fourth-order valence-electron chi connectivity index (χ4n) is 2.90. The van der Waals surface area contributed by atoms with Crippen molar-refractivity contribution in [1.82, 2.24) is 0 Å². The molecule has 0 aromatic carbocycles. The maximum absolute atomic E-state index is 11.6. The van der Waals surface area contributed by atoms with E-state index in [-0.39, 0.29) is 5.41 Å². The van der Waals surface area contributed by atoms with E-state index in [1.165, 1.54) is 6.42 Å². The van der Waals surface area contributed by atoms with Crippen LogP contribution >= 0.6 is 0 Å². The molecule has 1 saturated heterocycles. The van der Waals surface area contributed by atoms with Gasteiger partial charge in [0, 0.05) is 12.5 Å². The lowest BCUT2D eigenvalue weighted by molar-refractivity contribution is -0.178. The van der Waals surface area contributed by atoms with Crippen LogP contribution in [-0.2, 0) is 9.53 Å². The van der Waals surface area contributed by atoms with Gasteiger partial charge in [-0.2, -0.15) is 0 Å². The molecule has 2 heteroatoms. The molecule has 0 aromatic heterocycles. The summed E-state index contributed by atoms with van der Waals surface area (Å²) in [4.78, 5) is 11.6. The molecule has 2 nitrogen and oxygen atoms in total. The summed E-state index contributed by atoms with van der Waals surface area (Å²) in [6.07, 6.45) is 4.77. The molecule has 0 unspecified atom stereocenters. The number of hydrogen-bond donors (Lipinski definition) is 0. The number of Topliss-reactive ketones (excluding diaryl/α,β-unsaturated/α-hetero) is 1. The van der Waals surface area contributed by atoms with E-state index in [1.54, 1.807) is 0 Å². The largest absolute Gasteiger partial charge is 0.376 e. The standard InChI is InChI=1S/C9H12O2/c10-7-6-2-5-11-8(6)9(7)3-1-4-9/h6,8H,1-5H2/t6-,8+/m0/s1. The summed E-state index contributed by atoms with van der Waals surface area (Å²) in [7, 11) is 0. The van der Waals surface area contributed by atoms with Crippen LogP contribution in [-0.4, -0.2) is 18.5 Å². The molecule has 0 bridgehead atoms. The molecule has 3 rings (SSSR count). The van der Waals surface area contributed by atoms with Crippen molar-refractivity contribution in [2.24, 2.45) is 11.3 Å². The lowest BCUT2D eigenvalue weighted by atomic mass is 9.49. The number of carbonyl (C=O) groups excluding carboxylic acids is 1. The summed E-state index contributed by atoms with van der Waals surface area (Å²) in [6, 6.07) is 0. The first-order chi connectivity index (χ1) is 5.34. The van der Waals surface area contributed by atoms with Gasteiger partial charge in [0.15, 0.2) is 0 Å². The number of hydrogen-bond acceptors (Lipinski definition) is 2. The van der Waals surface area contributed by atoms with Crippen molar-refractivity contribution in [3.8, 4) is 0 Å². The minimum atomic E-state index is 0.0428. The second kappa shape index (κ2) is 1.69. The van der Waals surface area contributed by atoms with Gasteiger partial charge in [0.25, 0.3) is 0 Å². The number of ether oxygens (including phenoxy) is 1. The first-order valence-electron chi connectivity index (χ1n) is 4.50. The smallest absolute Gasteiger partial charge is 0.147 e. The average molecular weight is 152 g/mol. The van der Waals surface area contributed by atoms with Crippen molar-refractivity contribution in [2.75, 3.05) is 6.61 Å². The lowest BCUT2D eigenvalue weighted by Crippen LogP contribution is -2.63. The molecule has 1 heterocycles. The normalized spacial score (nSPS) is 44.9. The van der Waals surface area contributed by atoms with Crippen LogP contribution in [0.15, 0.2) is 0 Å². The van der Waals surface area contributed by atoms with E-state index in [0.29, 0.717) is 17.8 Å². The van der Waals surface area contributed by atoms with Crippen molar-refractivity contribution < 1.29 is 9.53 Å². The Labute approximate surface area is 65.9 Å². The summed E-state index contributed by atoms with van der Waals surface area (Å²) in [5.41, 5.74) is 0.0428. The highest BCUT2D eigenvalue weighted by molar-refractivity contribution is 5.96. The average Bonchev–Trinajstić information content (AvgIpc) is 2.29. The number of fused-ring (bicyclic) bond motifs is 2. The van der Waals surface area contributed by atoms with Gasteiger partial charge >= 0.3 is 0 Å². The van der Waals surface area contributed by atoms with Crippen LogP contribution in [0.2, 0.25) is 0 Å². The van der Waals surface area contributed by atoms with Gasteiger partial charge in [0.2, 0.25) is 0 Å². The fraction of sp³-hybridized carbons (Fsp3) is 0.889. The summed E-state index contributed by atoms with van der Waals surface area (Å²) in [6.45, 7) is 0.822. The van der Waals surface area contributed by atoms with Crippen molar-refractivity contribution in [3.05, 3.63) is 0 Å². The van der Waals surface area contributed by atoms with Gasteiger partial charge < -0.3 is 4.74 Å². The molecule has 0 N–H and O–H groups in total. The van der Waals surface area contributed by atoms with Crippen LogP contribution in [0.25, 0.3) is 0 Å². The molecule has 2 atom stereocenters. The Morgan fingerprint density at radius 1 is 1.45 bits per heavy atom. The Morgan fingerprint density at radius 2 is 2.27 bits per heavy atom. The number of ketones is 1. The fourth-order valence-corrected chi connectivity index (χ4v) is 2.90. The highest BCUT2D eigenvalue weighted by atomic mass is 16.5. The summed E-state index contributed by atoms with van der Waals surface area (Å²) < 4.78 is 5.56. The maximum atomic E-state index is 11.6. The zero-order valence-corrected chi connectivity index (χ0v) is 6.51. The Balaban J connectivity index is 1.92. The topological polar surface area (TPSA) is 26.3 Å². The van der Waals surface area contributed by atoms with Crippen molar-refractivity contribution in [1.29, 1.82) is 0 Å². The molecule has 0 amide bonds. The maximum Gasteiger partial charge on any atom is 0.147 e. The van der Waals surface area contributed by atoms with Crippen LogP contribution in [0.3, 0.4) is 0 Å². The molecule has 11 heavy (non-hydrogen) atoms. The van der Waals surface area contributed by atoms with Crippen LogP contribution in [0.5, 0.6) is 0 Å². The van der Waals surface area contributed by atoms with E-state index < -0.39 is 0 Å². The zero-order chi connectivity index (χ0) is 7.47. The molecule has 0 aromatic rings.